The van der Waals surface area contributed by atoms with E-state index in [9.17, 15) is 4.79 Å². The number of aromatic nitrogens is 2. The molecule has 6 heteroatoms. The zero-order valence-electron chi connectivity index (χ0n) is 10.2. The van der Waals surface area contributed by atoms with Crippen LogP contribution in [0.1, 0.15) is 25.7 Å². The molecule has 3 heterocycles. The molecule has 0 radical (unpaired) electrons. The van der Waals surface area contributed by atoms with E-state index in [0.29, 0.717) is 10.5 Å². The lowest BCUT2D eigenvalue weighted by atomic mass is 9.97. The van der Waals surface area contributed by atoms with Crippen molar-refractivity contribution in [2.24, 2.45) is 0 Å². The molecule has 0 amide bonds. The van der Waals surface area contributed by atoms with Gasteiger partial charge in [-0.3, -0.25) is 4.79 Å². The van der Waals surface area contributed by atoms with Crippen LogP contribution in [0.25, 0.3) is 0 Å². The summed E-state index contributed by atoms with van der Waals surface area (Å²) in [4.78, 5) is 14.0. The van der Waals surface area contributed by atoms with E-state index in [1.165, 1.54) is 25.8 Å². The van der Waals surface area contributed by atoms with Gasteiger partial charge in [0.2, 0.25) is 0 Å². The molecule has 18 heavy (non-hydrogen) atoms. The fraction of sp³-hybridized carbons (Fsp3) is 0.667. The van der Waals surface area contributed by atoms with Crippen molar-refractivity contribution in [1.29, 1.82) is 0 Å². The van der Waals surface area contributed by atoms with E-state index in [0.717, 1.165) is 24.7 Å². The van der Waals surface area contributed by atoms with E-state index < -0.39 is 0 Å². The van der Waals surface area contributed by atoms with E-state index >= 15 is 0 Å². The van der Waals surface area contributed by atoms with Crippen LogP contribution in [-0.2, 0) is 0 Å². The second-order valence-electron chi connectivity index (χ2n) is 5.12. The summed E-state index contributed by atoms with van der Waals surface area (Å²) in [5.41, 5.74) is 0.619. The number of H-pyrrole nitrogens is 1. The molecule has 0 spiro atoms. The monoisotopic (exact) mass is 312 g/mol. The van der Waals surface area contributed by atoms with Crippen molar-refractivity contribution < 1.29 is 0 Å². The molecule has 0 bridgehead atoms. The third-order valence-corrected chi connectivity index (χ3v) is 4.76. The lowest BCUT2D eigenvalue weighted by Crippen LogP contribution is -2.42. The Labute approximate surface area is 114 Å². The fourth-order valence-electron chi connectivity index (χ4n) is 3.06. The van der Waals surface area contributed by atoms with Gasteiger partial charge in [0, 0.05) is 18.6 Å². The normalized spacial score (nSPS) is 28.1. The summed E-state index contributed by atoms with van der Waals surface area (Å²) in [7, 11) is 0. The molecule has 2 atom stereocenters. The number of nitrogens with zero attached hydrogens (tertiary/aromatic N) is 2. The molecule has 98 valence electrons. The van der Waals surface area contributed by atoms with E-state index in [1.807, 2.05) is 0 Å². The molecule has 0 aliphatic carbocycles. The first-order valence-electron chi connectivity index (χ1n) is 6.48. The Morgan fingerprint density at radius 1 is 1.44 bits per heavy atom. The Morgan fingerprint density at radius 3 is 3.22 bits per heavy atom. The first-order valence-corrected chi connectivity index (χ1v) is 7.27. The Bertz CT molecular complexity index is 489. The minimum Gasteiger partial charge on any atom is -0.380 e. The first-order chi connectivity index (χ1) is 8.74. The van der Waals surface area contributed by atoms with Gasteiger partial charge < -0.3 is 10.2 Å². The zero-order valence-corrected chi connectivity index (χ0v) is 11.7. The van der Waals surface area contributed by atoms with Crippen molar-refractivity contribution in [2.45, 2.75) is 37.8 Å². The number of anilines is 1. The van der Waals surface area contributed by atoms with Crippen LogP contribution in [0.15, 0.2) is 15.5 Å². The molecule has 2 aliphatic heterocycles. The van der Waals surface area contributed by atoms with Crippen molar-refractivity contribution in [3.8, 4) is 0 Å². The summed E-state index contributed by atoms with van der Waals surface area (Å²) >= 11 is 3.31. The average molecular weight is 313 g/mol. The molecule has 0 aromatic carbocycles. The highest BCUT2D eigenvalue weighted by atomic mass is 79.9. The van der Waals surface area contributed by atoms with Gasteiger partial charge in [-0.2, -0.15) is 5.10 Å². The number of nitrogens with one attached hydrogen (secondary N) is 2. The lowest BCUT2D eigenvalue weighted by molar-refractivity contribution is 0.188. The van der Waals surface area contributed by atoms with Gasteiger partial charge in [0.15, 0.2) is 0 Å². The van der Waals surface area contributed by atoms with Crippen molar-refractivity contribution in [2.75, 3.05) is 18.4 Å². The second-order valence-corrected chi connectivity index (χ2v) is 5.92. The van der Waals surface area contributed by atoms with Gasteiger partial charge >= 0.3 is 0 Å². The highest BCUT2D eigenvalue weighted by molar-refractivity contribution is 9.10. The average Bonchev–Trinajstić information content (AvgIpc) is 2.82. The minimum atomic E-state index is -0.182. The Balaban J connectivity index is 1.69. The molecular weight excluding hydrogens is 296 g/mol. The molecule has 1 aromatic rings. The molecule has 1 aromatic heterocycles. The van der Waals surface area contributed by atoms with Crippen LogP contribution in [0.4, 0.5) is 5.69 Å². The SMILES string of the molecule is O=c1[nH]ncc(NC2CCN3CCCC3C2)c1Br. The van der Waals surface area contributed by atoms with Gasteiger partial charge in [-0.15, -0.1) is 0 Å². The highest BCUT2D eigenvalue weighted by Crippen LogP contribution is 2.29. The number of piperidine rings is 1. The third kappa shape index (κ3) is 2.31. The molecule has 2 aliphatic rings. The molecule has 5 nitrogen and oxygen atoms in total. The number of fused-ring (bicyclic) bond motifs is 1. The van der Waals surface area contributed by atoms with Crippen molar-refractivity contribution in [1.82, 2.24) is 15.1 Å². The topological polar surface area (TPSA) is 61.0 Å². The summed E-state index contributed by atoms with van der Waals surface area (Å²) in [6, 6.07) is 1.18. The Hall–Kier alpha value is -0.880. The number of halogens is 1. The molecule has 2 unspecified atom stereocenters. The van der Waals surface area contributed by atoms with Gasteiger partial charge in [-0.05, 0) is 48.2 Å². The van der Waals surface area contributed by atoms with E-state index in [-0.39, 0.29) is 5.56 Å². The van der Waals surface area contributed by atoms with Crippen molar-refractivity contribution in [3.63, 3.8) is 0 Å². The third-order valence-electron chi connectivity index (χ3n) is 3.98. The number of aromatic amines is 1. The quantitative estimate of drug-likeness (QED) is 0.870. The summed E-state index contributed by atoms with van der Waals surface area (Å²) in [5.74, 6) is 0. The number of rotatable bonds is 2. The largest absolute Gasteiger partial charge is 0.380 e. The first kappa shape index (κ1) is 12.2. The second kappa shape index (κ2) is 5.01. The number of hydrogen-bond acceptors (Lipinski definition) is 4. The maximum Gasteiger partial charge on any atom is 0.280 e. The van der Waals surface area contributed by atoms with E-state index in [2.05, 4.69) is 36.3 Å². The van der Waals surface area contributed by atoms with Gasteiger partial charge in [0.05, 0.1) is 11.9 Å². The maximum absolute atomic E-state index is 11.5. The van der Waals surface area contributed by atoms with Crippen LogP contribution < -0.4 is 10.9 Å². The number of hydrogen-bond donors (Lipinski definition) is 2. The predicted molar refractivity (Wildman–Crippen MR) is 73.8 cm³/mol. The smallest absolute Gasteiger partial charge is 0.280 e. The van der Waals surface area contributed by atoms with Gasteiger partial charge in [0.25, 0.3) is 5.56 Å². The zero-order chi connectivity index (χ0) is 12.5. The molecule has 0 saturated carbocycles. The molecular formula is C12H17BrN4O. The molecule has 2 fully saturated rings. The fourth-order valence-corrected chi connectivity index (χ4v) is 3.37. The molecule has 3 rings (SSSR count). The highest BCUT2D eigenvalue weighted by Gasteiger charge is 2.31. The standard InChI is InChI=1S/C12H17BrN4O/c13-11-10(7-14-16-12(11)18)15-8-3-5-17-4-1-2-9(17)6-8/h7-9H,1-6H2,(H2,15,16,18). The van der Waals surface area contributed by atoms with Crippen LogP contribution in [0, 0.1) is 0 Å². The van der Waals surface area contributed by atoms with Crippen LogP contribution in [-0.4, -0.2) is 40.3 Å². The molecule has 2 N–H and O–H groups in total. The van der Waals surface area contributed by atoms with Crippen molar-refractivity contribution >= 4 is 21.6 Å². The minimum absolute atomic E-state index is 0.182. The Morgan fingerprint density at radius 2 is 2.33 bits per heavy atom. The van der Waals surface area contributed by atoms with Crippen LogP contribution in [0.3, 0.4) is 0 Å². The summed E-state index contributed by atoms with van der Waals surface area (Å²) in [5, 5.41) is 9.70. The van der Waals surface area contributed by atoms with E-state index in [4.69, 9.17) is 0 Å². The summed E-state index contributed by atoms with van der Waals surface area (Å²) in [6.45, 7) is 2.42. The van der Waals surface area contributed by atoms with E-state index in [1.54, 1.807) is 6.20 Å². The summed E-state index contributed by atoms with van der Waals surface area (Å²) in [6.07, 6.45) is 6.61. The summed E-state index contributed by atoms with van der Waals surface area (Å²) < 4.78 is 0.548. The van der Waals surface area contributed by atoms with Gasteiger partial charge in [0.1, 0.15) is 4.47 Å². The van der Waals surface area contributed by atoms with Gasteiger partial charge in [-0.1, -0.05) is 0 Å². The maximum atomic E-state index is 11.5. The molecule has 2 saturated heterocycles. The van der Waals surface area contributed by atoms with Crippen molar-refractivity contribution in [3.05, 3.63) is 21.0 Å². The van der Waals surface area contributed by atoms with Crippen LogP contribution >= 0.6 is 15.9 Å². The Kier molecular flexibility index (Phi) is 3.39. The lowest BCUT2D eigenvalue weighted by Gasteiger charge is -2.35. The van der Waals surface area contributed by atoms with Crippen LogP contribution in [0.5, 0.6) is 0 Å². The van der Waals surface area contributed by atoms with Crippen LogP contribution in [0.2, 0.25) is 0 Å². The predicted octanol–water partition coefficient (Wildman–Crippen LogP) is 1.57. The van der Waals surface area contributed by atoms with Gasteiger partial charge in [-0.25, -0.2) is 5.10 Å².